The van der Waals surface area contributed by atoms with Crippen LogP contribution >= 0.6 is 0 Å². The number of nitrogens with two attached hydrogens (primary N) is 1. The Bertz CT molecular complexity index is 1290. The number of rotatable bonds is 6. The molecule has 0 spiro atoms. The third-order valence-corrected chi connectivity index (χ3v) is 5.75. The Kier molecular flexibility index (Phi) is 6.71. The molecule has 3 aromatic rings. The number of carbonyl (C=O) groups is 2. The molecule has 0 atom stereocenters. The quantitative estimate of drug-likeness (QED) is 0.532. The minimum absolute atomic E-state index is 0.0127. The van der Waals surface area contributed by atoms with Crippen LogP contribution in [-0.4, -0.2) is 36.7 Å². The molecule has 10 heteroatoms. The molecule has 0 aliphatic rings. The van der Waals surface area contributed by atoms with E-state index in [0.29, 0.717) is 11.4 Å². The first-order chi connectivity index (χ1) is 15.4. The molecule has 9 nitrogen and oxygen atoms in total. The lowest BCUT2D eigenvalue weighted by Gasteiger charge is -2.14. The first-order valence-corrected chi connectivity index (χ1v) is 11.7. The number of hydrogen-bond donors (Lipinski definition) is 2. The summed E-state index contributed by atoms with van der Waals surface area (Å²) in [6, 6.07) is 15.0. The zero-order valence-corrected chi connectivity index (χ0v) is 19.6. The highest BCUT2D eigenvalue weighted by Gasteiger charge is 2.22. The van der Waals surface area contributed by atoms with Gasteiger partial charge in [0.2, 0.25) is 10.0 Å². The van der Waals surface area contributed by atoms with Gasteiger partial charge in [-0.3, -0.25) is 4.79 Å². The maximum absolute atomic E-state index is 12.6. The molecular weight excluding hydrogens is 444 g/mol. The van der Waals surface area contributed by atoms with E-state index in [0.717, 1.165) is 17.4 Å². The number of nitrogens with zero attached hydrogens (tertiary/aromatic N) is 2. The van der Waals surface area contributed by atoms with Crippen LogP contribution in [0.3, 0.4) is 0 Å². The number of para-hydroxylation sites is 1. The van der Waals surface area contributed by atoms with E-state index in [9.17, 15) is 18.0 Å². The predicted octanol–water partition coefficient (Wildman–Crippen LogP) is 2.92. The molecule has 1 amide bonds. The normalized spacial score (nSPS) is 11.8. The second-order valence-corrected chi connectivity index (χ2v) is 10.1. The highest BCUT2D eigenvalue weighted by molar-refractivity contribution is 7.89. The van der Waals surface area contributed by atoms with Crippen molar-refractivity contribution in [3.05, 3.63) is 71.4 Å². The van der Waals surface area contributed by atoms with Crippen molar-refractivity contribution in [1.82, 2.24) is 9.78 Å². The zero-order chi connectivity index (χ0) is 24.4. The number of ether oxygens (including phenoxy) is 1. The van der Waals surface area contributed by atoms with Gasteiger partial charge in [-0.05, 0) is 36.8 Å². The Morgan fingerprint density at radius 2 is 1.76 bits per heavy atom. The lowest BCUT2D eigenvalue weighted by molar-refractivity contribution is -0.119. The maximum Gasteiger partial charge on any atom is 0.338 e. The molecular formula is C23H26N4O5S. The standard InChI is InChI=1S/C23H26N4O5S/c1-15-10-11-17(33(24,30)31)12-18(15)22(29)32-14-21(28)25-20-13-19(23(2,3)4)26-27(20)16-8-6-5-7-9-16/h5-13H,14H2,1-4H3,(H,25,28)(H2,24,30,31). The second-order valence-electron chi connectivity index (χ2n) is 8.56. The number of nitrogens with one attached hydrogen (secondary N) is 1. The number of aromatic nitrogens is 2. The van der Waals surface area contributed by atoms with Gasteiger partial charge in [0.15, 0.2) is 6.61 Å². The van der Waals surface area contributed by atoms with Gasteiger partial charge in [-0.15, -0.1) is 0 Å². The molecule has 0 aliphatic heterocycles. The number of sulfonamides is 1. The number of anilines is 1. The minimum Gasteiger partial charge on any atom is -0.452 e. The monoisotopic (exact) mass is 470 g/mol. The van der Waals surface area contributed by atoms with Gasteiger partial charge < -0.3 is 10.1 Å². The number of aryl methyl sites for hydroxylation is 1. The van der Waals surface area contributed by atoms with Crippen molar-refractivity contribution in [2.75, 3.05) is 11.9 Å². The number of hydrogen-bond acceptors (Lipinski definition) is 6. The largest absolute Gasteiger partial charge is 0.452 e. The molecule has 0 saturated heterocycles. The molecule has 0 bridgehead atoms. The molecule has 33 heavy (non-hydrogen) atoms. The molecule has 0 fully saturated rings. The van der Waals surface area contributed by atoms with E-state index in [-0.39, 0.29) is 15.9 Å². The van der Waals surface area contributed by atoms with Gasteiger partial charge in [0.1, 0.15) is 5.82 Å². The fraction of sp³-hybridized carbons (Fsp3) is 0.261. The molecule has 0 aliphatic carbocycles. The highest BCUT2D eigenvalue weighted by atomic mass is 32.2. The fourth-order valence-electron chi connectivity index (χ4n) is 2.99. The van der Waals surface area contributed by atoms with E-state index in [1.807, 2.05) is 51.1 Å². The zero-order valence-electron chi connectivity index (χ0n) is 18.8. The second kappa shape index (κ2) is 9.16. The fourth-order valence-corrected chi connectivity index (χ4v) is 3.53. The van der Waals surface area contributed by atoms with E-state index in [1.165, 1.54) is 12.1 Å². The average molecular weight is 471 g/mol. The molecule has 1 heterocycles. The smallest absolute Gasteiger partial charge is 0.338 e. The van der Waals surface area contributed by atoms with Gasteiger partial charge in [-0.25, -0.2) is 23.0 Å². The maximum atomic E-state index is 12.6. The number of carbonyl (C=O) groups excluding carboxylic acids is 2. The van der Waals surface area contributed by atoms with Crippen molar-refractivity contribution in [3.8, 4) is 5.69 Å². The molecule has 1 aromatic heterocycles. The van der Waals surface area contributed by atoms with Gasteiger partial charge in [-0.1, -0.05) is 45.0 Å². The Morgan fingerprint density at radius 1 is 1.09 bits per heavy atom. The van der Waals surface area contributed by atoms with E-state index in [2.05, 4.69) is 10.4 Å². The number of amides is 1. The van der Waals surface area contributed by atoms with Crippen LogP contribution in [0, 0.1) is 6.92 Å². The average Bonchev–Trinajstić information content (AvgIpc) is 3.16. The van der Waals surface area contributed by atoms with Gasteiger partial charge in [0.05, 0.1) is 21.8 Å². The van der Waals surface area contributed by atoms with Crippen molar-refractivity contribution in [2.24, 2.45) is 5.14 Å². The Labute approximate surface area is 192 Å². The highest BCUT2D eigenvalue weighted by Crippen LogP contribution is 2.26. The first-order valence-electron chi connectivity index (χ1n) is 10.1. The van der Waals surface area contributed by atoms with E-state index in [1.54, 1.807) is 17.7 Å². The number of primary sulfonamides is 1. The van der Waals surface area contributed by atoms with E-state index >= 15 is 0 Å². The van der Waals surface area contributed by atoms with Crippen LogP contribution < -0.4 is 10.5 Å². The summed E-state index contributed by atoms with van der Waals surface area (Å²) in [5.74, 6) is -0.971. The van der Waals surface area contributed by atoms with Gasteiger partial charge in [0.25, 0.3) is 5.91 Å². The summed E-state index contributed by atoms with van der Waals surface area (Å²) in [4.78, 5) is 24.8. The van der Waals surface area contributed by atoms with Crippen molar-refractivity contribution in [3.63, 3.8) is 0 Å². The Hall–Kier alpha value is -3.50. The van der Waals surface area contributed by atoms with Crippen LogP contribution in [0.5, 0.6) is 0 Å². The van der Waals surface area contributed by atoms with Crippen LogP contribution in [-0.2, 0) is 25.0 Å². The van der Waals surface area contributed by atoms with Crippen LogP contribution in [0.15, 0.2) is 59.5 Å². The summed E-state index contributed by atoms with van der Waals surface area (Å²) in [7, 11) is -3.99. The van der Waals surface area contributed by atoms with Crippen molar-refractivity contribution in [1.29, 1.82) is 0 Å². The third kappa shape index (κ3) is 5.85. The Morgan fingerprint density at radius 3 is 2.36 bits per heavy atom. The number of esters is 1. The Balaban J connectivity index is 1.77. The number of benzene rings is 2. The minimum atomic E-state index is -3.99. The van der Waals surface area contributed by atoms with Crippen LogP contribution in [0.1, 0.15) is 42.4 Å². The first kappa shape index (κ1) is 24.1. The van der Waals surface area contributed by atoms with Crippen molar-refractivity contribution >= 4 is 27.7 Å². The summed E-state index contributed by atoms with van der Waals surface area (Å²) in [5, 5.41) is 12.5. The summed E-state index contributed by atoms with van der Waals surface area (Å²) in [6.45, 7) is 7.08. The molecule has 0 saturated carbocycles. The van der Waals surface area contributed by atoms with Crippen LogP contribution in [0.4, 0.5) is 5.82 Å². The van der Waals surface area contributed by atoms with E-state index in [4.69, 9.17) is 9.88 Å². The molecule has 3 N–H and O–H groups in total. The molecule has 174 valence electrons. The summed E-state index contributed by atoms with van der Waals surface area (Å²) < 4.78 is 29.9. The van der Waals surface area contributed by atoms with Crippen molar-refractivity contribution < 1.29 is 22.7 Å². The summed E-state index contributed by atoms with van der Waals surface area (Å²) in [6.07, 6.45) is 0. The molecule has 0 unspecified atom stereocenters. The van der Waals surface area contributed by atoms with E-state index < -0.39 is 28.5 Å². The van der Waals surface area contributed by atoms with Crippen LogP contribution in [0.25, 0.3) is 5.69 Å². The van der Waals surface area contributed by atoms with Crippen molar-refractivity contribution in [2.45, 2.75) is 38.0 Å². The molecule has 2 aromatic carbocycles. The van der Waals surface area contributed by atoms with Gasteiger partial charge >= 0.3 is 5.97 Å². The summed E-state index contributed by atoms with van der Waals surface area (Å²) in [5.41, 5.74) is 1.78. The predicted molar refractivity (Wildman–Crippen MR) is 124 cm³/mol. The van der Waals surface area contributed by atoms with Crippen LogP contribution in [0.2, 0.25) is 0 Å². The molecule has 0 radical (unpaired) electrons. The summed E-state index contributed by atoms with van der Waals surface area (Å²) >= 11 is 0. The lowest BCUT2D eigenvalue weighted by atomic mass is 9.92. The van der Waals surface area contributed by atoms with Gasteiger partial charge in [-0.2, -0.15) is 5.10 Å². The lowest BCUT2D eigenvalue weighted by Crippen LogP contribution is -2.23. The topological polar surface area (TPSA) is 133 Å². The SMILES string of the molecule is Cc1ccc(S(N)(=O)=O)cc1C(=O)OCC(=O)Nc1cc(C(C)(C)C)nn1-c1ccccc1. The van der Waals surface area contributed by atoms with Gasteiger partial charge in [0, 0.05) is 11.5 Å². The molecule has 3 rings (SSSR count). The third-order valence-electron chi connectivity index (χ3n) is 4.84.